The summed E-state index contributed by atoms with van der Waals surface area (Å²) in [7, 11) is 1.82. The molecule has 0 radical (unpaired) electrons. The number of carboxylic acid groups (broad SMARTS) is 1. The van der Waals surface area contributed by atoms with Gasteiger partial charge in [0.15, 0.2) is 5.75 Å². The van der Waals surface area contributed by atoms with Gasteiger partial charge in [-0.1, -0.05) is 0 Å². The Morgan fingerprint density at radius 1 is 1.60 bits per heavy atom. The molecule has 0 spiro atoms. The minimum atomic E-state index is -1.08. The lowest BCUT2D eigenvalue weighted by molar-refractivity contribution is 0.0662. The zero-order valence-corrected chi connectivity index (χ0v) is 8.90. The second-order valence-electron chi connectivity index (χ2n) is 4.30. The highest BCUT2D eigenvalue weighted by molar-refractivity contribution is 5.93. The van der Waals surface area contributed by atoms with Gasteiger partial charge in [-0.05, 0) is 13.8 Å². The number of fused-ring (bicyclic) bond motifs is 1. The maximum absolute atomic E-state index is 10.9. The van der Waals surface area contributed by atoms with Crippen LogP contribution in [-0.2, 0) is 0 Å². The quantitative estimate of drug-likeness (QED) is 0.764. The molecule has 5 nitrogen and oxygen atoms in total. The average Bonchev–Trinajstić information content (AvgIpc) is 2.45. The van der Waals surface area contributed by atoms with E-state index in [0.29, 0.717) is 18.0 Å². The average molecular weight is 211 g/mol. The minimum Gasteiger partial charge on any atom is -0.480 e. The molecule has 2 rings (SSSR count). The van der Waals surface area contributed by atoms with Gasteiger partial charge in [0.2, 0.25) is 5.76 Å². The molecule has 0 bridgehead atoms. The normalized spacial score (nSPS) is 18.2. The predicted molar refractivity (Wildman–Crippen MR) is 53.6 cm³/mol. The molecule has 82 valence electrons. The molecular weight excluding hydrogens is 198 g/mol. The first kappa shape index (κ1) is 9.89. The molecule has 2 heterocycles. The number of carboxylic acids is 1. The lowest BCUT2D eigenvalue weighted by Crippen LogP contribution is -2.45. The Labute approximate surface area is 87.2 Å². The third-order valence-electron chi connectivity index (χ3n) is 2.31. The Morgan fingerprint density at radius 3 is 2.87 bits per heavy atom. The summed E-state index contributed by atoms with van der Waals surface area (Å²) in [5.41, 5.74) is 0.184. The van der Waals surface area contributed by atoms with Crippen LogP contribution in [0.25, 0.3) is 0 Å². The third kappa shape index (κ3) is 1.54. The van der Waals surface area contributed by atoms with Crippen molar-refractivity contribution < 1.29 is 19.1 Å². The summed E-state index contributed by atoms with van der Waals surface area (Å²) in [5, 5.41) is 8.90. The number of carbonyl (C=O) groups is 1. The highest BCUT2D eigenvalue weighted by Crippen LogP contribution is 2.40. The van der Waals surface area contributed by atoms with Gasteiger partial charge in [0, 0.05) is 7.05 Å². The number of hydrogen-bond acceptors (Lipinski definition) is 4. The van der Waals surface area contributed by atoms with Crippen molar-refractivity contribution in [2.45, 2.75) is 19.4 Å². The largest absolute Gasteiger partial charge is 0.480 e. The van der Waals surface area contributed by atoms with Crippen molar-refractivity contribution in [3.8, 4) is 5.75 Å². The molecule has 0 atom stereocenters. The van der Waals surface area contributed by atoms with Crippen molar-refractivity contribution in [1.82, 2.24) is 0 Å². The standard InChI is InChI=1S/C10H13NO4/c1-10(2)5-11(3)7-6(15-10)4-14-8(7)9(12)13/h4H,5H2,1-3H3,(H,12,13). The molecule has 0 aromatic carbocycles. The number of hydrogen-bond donors (Lipinski definition) is 1. The third-order valence-corrected chi connectivity index (χ3v) is 2.31. The number of ether oxygens (including phenoxy) is 1. The fraction of sp³-hybridized carbons (Fsp3) is 0.500. The van der Waals surface area contributed by atoms with Crippen molar-refractivity contribution in [1.29, 1.82) is 0 Å². The summed E-state index contributed by atoms with van der Waals surface area (Å²) < 4.78 is 10.6. The van der Waals surface area contributed by atoms with Gasteiger partial charge in [-0.3, -0.25) is 0 Å². The Bertz CT molecular complexity index is 408. The van der Waals surface area contributed by atoms with E-state index in [0.717, 1.165) is 0 Å². The molecule has 1 N–H and O–H groups in total. The summed E-state index contributed by atoms with van der Waals surface area (Å²) in [6, 6.07) is 0. The van der Waals surface area contributed by atoms with Gasteiger partial charge in [0.05, 0.1) is 6.54 Å². The molecule has 0 saturated carbocycles. The van der Waals surface area contributed by atoms with Gasteiger partial charge in [0.25, 0.3) is 0 Å². The minimum absolute atomic E-state index is 0.0667. The predicted octanol–water partition coefficient (Wildman–Crippen LogP) is 1.58. The molecule has 5 heteroatoms. The number of aromatic carboxylic acids is 1. The van der Waals surface area contributed by atoms with Crippen molar-refractivity contribution in [3.63, 3.8) is 0 Å². The van der Waals surface area contributed by atoms with Crippen LogP contribution < -0.4 is 9.64 Å². The number of rotatable bonds is 1. The van der Waals surface area contributed by atoms with Crippen LogP contribution in [0.15, 0.2) is 10.7 Å². The molecular formula is C10H13NO4. The van der Waals surface area contributed by atoms with Crippen LogP contribution in [0, 0.1) is 0 Å². The summed E-state index contributed by atoms with van der Waals surface area (Å²) in [6.07, 6.45) is 1.34. The summed E-state index contributed by atoms with van der Waals surface area (Å²) >= 11 is 0. The first-order valence-corrected chi connectivity index (χ1v) is 4.66. The molecule has 0 amide bonds. The van der Waals surface area contributed by atoms with E-state index in [9.17, 15) is 4.79 Å². The Balaban J connectivity index is 2.48. The zero-order valence-electron chi connectivity index (χ0n) is 8.90. The molecule has 1 aromatic rings. The second-order valence-corrected chi connectivity index (χ2v) is 4.30. The lowest BCUT2D eigenvalue weighted by Gasteiger charge is -2.36. The molecule has 0 fully saturated rings. The van der Waals surface area contributed by atoms with Gasteiger partial charge >= 0.3 is 5.97 Å². The van der Waals surface area contributed by atoms with Crippen molar-refractivity contribution in [3.05, 3.63) is 12.0 Å². The number of nitrogens with zero attached hydrogens (tertiary/aromatic N) is 1. The van der Waals surface area contributed by atoms with Crippen LogP contribution >= 0.6 is 0 Å². The highest BCUT2D eigenvalue weighted by atomic mass is 16.5. The molecule has 1 aliphatic rings. The lowest BCUT2D eigenvalue weighted by atomic mass is 10.1. The van der Waals surface area contributed by atoms with Crippen LogP contribution in [0.2, 0.25) is 0 Å². The number of anilines is 1. The van der Waals surface area contributed by atoms with E-state index in [1.54, 1.807) is 0 Å². The van der Waals surface area contributed by atoms with Crippen molar-refractivity contribution in [2.24, 2.45) is 0 Å². The van der Waals surface area contributed by atoms with E-state index in [4.69, 9.17) is 14.3 Å². The maximum Gasteiger partial charge on any atom is 0.374 e. The molecule has 0 saturated heterocycles. The van der Waals surface area contributed by atoms with Crippen LogP contribution in [0.4, 0.5) is 5.69 Å². The van der Waals surface area contributed by atoms with Crippen LogP contribution in [0.1, 0.15) is 24.4 Å². The van der Waals surface area contributed by atoms with Crippen LogP contribution in [-0.4, -0.2) is 30.3 Å². The van der Waals surface area contributed by atoms with E-state index in [-0.39, 0.29) is 11.4 Å². The highest BCUT2D eigenvalue weighted by Gasteiger charge is 2.35. The second kappa shape index (κ2) is 2.92. The monoisotopic (exact) mass is 211 g/mol. The SMILES string of the molecule is CN1CC(C)(C)Oc2coc(C(=O)O)c21. The van der Waals surface area contributed by atoms with Gasteiger partial charge in [0.1, 0.15) is 17.6 Å². The Hall–Kier alpha value is -1.65. The molecule has 0 unspecified atom stereocenters. The van der Waals surface area contributed by atoms with E-state index < -0.39 is 5.97 Å². The Morgan fingerprint density at radius 2 is 2.27 bits per heavy atom. The van der Waals surface area contributed by atoms with Gasteiger partial charge in [-0.2, -0.15) is 0 Å². The topological polar surface area (TPSA) is 62.9 Å². The van der Waals surface area contributed by atoms with Crippen LogP contribution in [0.5, 0.6) is 5.75 Å². The first-order valence-electron chi connectivity index (χ1n) is 4.66. The van der Waals surface area contributed by atoms with Crippen LogP contribution in [0.3, 0.4) is 0 Å². The number of likely N-dealkylation sites (N-methyl/N-ethyl adjacent to an activating group) is 1. The van der Waals surface area contributed by atoms with Gasteiger partial charge in [-0.25, -0.2) is 4.79 Å². The van der Waals surface area contributed by atoms with Gasteiger partial charge < -0.3 is 19.2 Å². The fourth-order valence-corrected chi connectivity index (χ4v) is 1.90. The molecule has 1 aromatic heterocycles. The summed E-state index contributed by atoms with van der Waals surface area (Å²) in [4.78, 5) is 12.7. The summed E-state index contributed by atoms with van der Waals surface area (Å²) in [6.45, 7) is 4.51. The Kier molecular flexibility index (Phi) is 1.92. The van der Waals surface area contributed by atoms with Gasteiger partial charge in [-0.15, -0.1) is 0 Å². The molecule has 15 heavy (non-hydrogen) atoms. The van der Waals surface area contributed by atoms with E-state index in [2.05, 4.69) is 0 Å². The van der Waals surface area contributed by atoms with E-state index >= 15 is 0 Å². The van der Waals surface area contributed by atoms with E-state index in [1.165, 1.54) is 6.26 Å². The van der Waals surface area contributed by atoms with E-state index in [1.807, 2.05) is 25.8 Å². The molecule has 1 aliphatic heterocycles. The van der Waals surface area contributed by atoms with Crippen molar-refractivity contribution in [2.75, 3.05) is 18.5 Å². The molecule has 0 aliphatic carbocycles. The smallest absolute Gasteiger partial charge is 0.374 e. The fourth-order valence-electron chi connectivity index (χ4n) is 1.90. The summed E-state index contributed by atoms with van der Waals surface area (Å²) in [5.74, 6) is -0.652. The number of furan rings is 1. The first-order chi connectivity index (χ1) is 6.91. The maximum atomic E-state index is 10.9. The van der Waals surface area contributed by atoms with Crippen molar-refractivity contribution >= 4 is 11.7 Å². The zero-order chi connectivity index (χ0) is 11.2.